The first-order valence-electron chi connectivity index (χ1n) is 7.74. The first-order valence-corrected chi connectivity index (χ1v) is 7.74. The van der Waals surface area contributed by atoms with Gasteiger partial charge in [-0.25, -0.2) is 0 Å². The summed E-state index contributed by atoms with van der Waals surface area (Å²) in [4.78, 5) is 27.4. The van der Waals surface area contributed by atoms with E-state index in [4.69, 9.17) is 10.5 Å². The van der Waals surface area contributed by atoms with Gasteiger partial charge in [-0.15, -0.1) is 6.58 Å². The number of Topliss-reactive ketones (excluding diaryl/α,β-unsaturated/α-hetero) is 1. The van der Waals surface area contributed by atoms with Gasteiger partial charge in [0, 0.05) is 23.4 Å². The lowest BCUT2D eigenvalue weighted by Crippen LogP contribution is -2.46. The summed E-state index contributed by atoms with van der Waals surface area (Å²) in [5, 5.41) is 9.74. The molecule has 0 radical (unpaired) electrons. The minimum Gasteiger partial charge on any atom is -0.440 e. The van der Waals surface area contributed by atoms with Gasteiger partial charge in [-0.1, -0.05) is 24.3 Å². The summed E-state index contributed by atoms with van der Waals surface area (Å²) < 4.78 is 5.54. The Morgan fingerprint density at radius 1 is 1.48 bits per heavy atom. The van der Waals surface area contributed by atoms with Crippen molar-refractivity contribution in [3.05, 3.63) is 65.2 Å². The summed E-state index contributed by atoms with van der Waals surface area (Å²) in [5.74, 6) is -0.499. The fourth-order valence-electron chi connectivity index (χ4n) is 3.71. The monoisotopic (exact) mass is 335 g/mol. The molecule has 2 heterocycles. The van der Waals surface area contributed by atoms with Crippen LogP contribution in [0.25, 0.3) is 0 Å². The van der Waals surface area contributed by atoms with E-state index in [0.717, 1.165) is 0 Å². The maximum Gasteiger partial charge on any atom is 0.247 e. The van der Waals surface area contributed by atoms with Gasteiger partial charge in [-0.3, -0.25) is 9.59 Å². The molecule has 2 aliphatic heterocycles. The molecule has 0 aliphatic carbocycles. The molecule has 0 aromatic heterocycles. The summed E-state index contributed by atoms with van der Waals surface area (Å²) >= 11 is 0. The van der Waals surface area contributed by atoms with Crippen molar-refractivity contribution in [3.8, 4) is 11.8 Å². The number of benzene rings is 1. The Kier molecular flexibility index (Phi) is 3.73. The number of amides is 1. The van der Waals surface area contributed by atoms with Crippen LogP contribution in [0.1, 0.15) is 19.4 Å². The normalized spacial score (nSPS) is 22.0. The van der Waals surface area contributed by atoms with Crippen molar-refractivity contribution in [1.29, 1.82) is 5.26 Å². The van der Waals surface area contributed by atoms with Crippen molar-refractivity contribution in [1.82, 2.24) is 4.90 Å². The number of rotatable bonds is 3. The molecule has 1 aromatic rings. The van der Waals surface area contributed by atoms with E-state index in [1.807, 2.05) is 6.07 Å². The number of allylic oxidation sites excluding steroid dienone is 1. The van der Waals surface area contributed by atoms with Crippen molar-refractivity contribution >= 4 is 11.7 Å². The number of carbonyl (C=O) groups is 2. The second-order valence-corrected chi connectivity index (χ2v) is 5.92. The number of hydrogen-bond donors (Lipinski definition) is 1. The van der Waals surface area contributed by atoms with Gasteiger partial charge in [0.15, 0.2) is 5.78 Å². The second-order valence-electron chi connectivity index (χ2n) is 5.92. The summed E-state index contributed by atoms with van der Waals surface area (Å²) in [5.41, 5.74) is 5.51. The lowest BCUT2D eigenvalue weighted by Gasteiger charge is -2.35. The Morgan fingerprint density at radius 3 is 2.76 bits per heavy atom. The molecule has 6 heteroatoms. The highest BCUT2D eigenvalue weighted by Crippen LogP contribution is 2.53. The van der Waals surface area contributed by atoms with E-state index in [2.05, 4.69) is 6.58 Å². The fourth-order valence-corrected chi connectivity index (χ4v) is 3.71. The Bertz CT molecular complexity index is 920. The molecule has 0 saturated heterocycles. The predicted octanol–water partition coefficient (Wildman–Crippen LogP) is 1.90. The third kappa shape index (κ3) is 1.96. The summed E-state index contributed by atoms with van der Waals surface area (Å²) in [6.07, 6.45) is 1.57. The summed E-state index contributed by atoms with van der Waals surface area (Å²) in [6, 6.07) is 8.81. The van der Waals surface area contributed by atoms with E-state index in [0.29, 0.717) is 17.0 Å². The molecule has 25 heavy (non-hydrogen) atoms. The number of hydrogen-bond acceptors (Lipinski definition) is 5. The van der Waals surface area contributed by atoms with Crippen LogP contribution in [0, 0.1) is 11.3 Å². The van der Waals surface area contributed by atoms with E-state index in [1.165, 1.54) is 11.8 Å². The third-order valence-electron chi connectivity index (χ3n) is 4.62. The molecule has 2 N–H and O–H groups in total. The topological polar surface area (TPSA) is 96.4 Å². The average Bonchev–Trinajstić information content (AvgIpc) is 2.78. The SMILES string of the molecule is C=CCN1C(=O)C2(C(C#N)=C(N)Oc3ccccc32)C(C(C)=O)=C1C. The number of nitriles is 1. The lowest BCUT2D eigenvalue weighted by molar-refractivity contribution is -0.131. The van der Waals surface area contributed by atoms with Crippen LogP contribution >= 0.6 is 0 Å². The van der Waals surface area contributed by atoms with Crippen LogP contribution in [0.15, 0.2) is 59.6 Å². The zero-order valence-electron chi connectivity index (χ0n) is 14.0. The van der Waals surface area contributed by atoms with Gasteiger partial charge in [0.1, 0.15) is 22.8 Å². The summed E-state index contributed by atoms with van der Waals surface area (Å²) in [7, 11) is 0. The van der Waals surface area contributed by atoms with E-state index < -0.39 is 11.3 Å². The van der Waals surface area contributed by atoms with Crippen molar-refractivity contribution in [3.63, 3.8) is 0 Å². The van der Waals surface area contributed by atoms with Crippen LogP contribution < -0.4 is 10.5 Å². The third-order valence-corrected chi connectivity index (χ3v) is 4.62. The lowest BCUT2D eigenvalue weighted by atomic mass is 9.67. The van der Waals surface area contributed by atoms with Gasteiger partial charge in [0.2, 0.25) is 11.8 Å². The number of nitrogens with two attached hydrogens (primary N) is 1. The number of ether oxygens (including phenoxy) is 1. The van der Waals surface area contributed by atoms with Gasteiger partial charge in [-0.05, 0) is 19.9 Å². The molecule has 1 aromatic carbocycles. The number of fused-ring (bicyclic) bond motifs is 2. The standard InChI is InChI=1S/C19H17N3O3/c1-4-9-22-11(2)16(12(3)23)19(18(22)24)13-7-5-6-8-15(13)25-17(21)14(19)10-20/h4-8H,1,9,21H2,2-3H3. The van der Waals surface area contributed by atoms with Crippen LogP contribution in [-0.2, 0) is 15.0 Å². The van der Waals surface area contributed by atoms with Crippen LogP contribution in [-0.4, -0.2) is 23.1 Å². The molecule has 1 spiro atoms. The van der Waals surface area contributed by atoms with Crippen molar-refractivity contribution in [2.75, 3.05) is 6.54 Å². The Hall–Kier alpha value is -3.33. The number of carbonyl (C=O) groups excluding carboxylic acids is 2. The molecule has 0 fully saturated rings. The van der Waals surface area contributed by atoms with Gasteiger partial charge >= 0.3 is 0 Å². The predicted molar refractivity (Wildman–Crippen MR) is 90.9 cm³/mol. The zero-order chi connectivity index (χ0) is 18.4. The van der Waals surface area contributed by atoms with E-state index in [1.54, 1.807) is 37.3 Å². The minimum atomic E-state index is -1.58. The highest BCUT2D eigenvalue weighted by molar-refractivity contribution is 6.13. The molecule has 126 valence electrons. The van der Waals surface area contributed by atoms with E-state index >= 15 is 0 Å². The second kappa shape index (κ2) is 5.64. The molecule has 2 aliphatic rings. The van der Waals surface area contributed by atoms with E-state index in [9.17, 15) is 14.9 Å². The molecule has 0 saturated carbocycles. The van der Waals surface area contributed by atoms with Gasteiger partial charge < -0.3 is 15.4 Å². The van der Waals surface area contributed by atoms with Gasteiger partial charge in [0.25, 0.3) is 0 Å². The van der Waals surface area contributed by atoms with Gasteiger partial charge in [-0.2, -0.15) is 5.26 Å². The smallest absolute Gasteiger partial charge is 0.247 e. The fraction of sp³-hybridized carbons (Fsp3) is 0.211. The van der Waals surface area contributed by atoms with Crippen molar-refractivity contribution in [2.45, 2.75) is 19.3 Å². The van der Waals surface area contributed by atoms with Crippen molar-refractivity contribution < 1.29 is 14.3 Å². The first kappa shape index (κ1) is 16.5. The highest BCUT2D eigenvalue weighted by atomic mass is 16.5. The number of ketones is 1. The maximum atomic E-state index is 13.5. The molecular formula is C19H17N3O3. The maximum absolute atomic E-state index is 13.5. The average molecular weight is 335 g/mol. The number of nitrogens with zero attached hydrogens (tertiary/aromatic N) is 2. The summed E-state index contributed by atoms with van der Waals surface area (Å²) in [6.45, 7) is 6.97. The first-order chi connectivity index (χ1) is 11.9. The largest absolute Gasteiger partial charge is 0.440 e. The molecule has 6 nitrogen and oxygen atoms in total. The van der Waals surface area contributed by atoms with Crippen LogP contribution in [0.5, 0.6) is 5.75 Å². The van der Waals surface area contributed by atoms with E-state index in [-0.39, 0.29) is 29.4 Å². The van der Waals surface area contributed by atoms with Crippen molar-refractivity contribution in [2.24, 2.45) is 5.73 Å². The Balaban J connectivity index is 2.46. The molecular weight excluding hydrogens is 318 g/mol. The molecule has 0 bridgehead atoms. The zero-order valence-corrected chi connectivity index (χ0v) is 14.0. The van der Waals surface area contributed by atoms with Crippen LogP contribution in [0.3, 0.4) is 0 Å². The molecule has 1 atom stereocenters. The Morgan fingerprint density at radius 2 is 2.16 bits per heavy atom. The quantitative estimate of drug-likeness (QED) is 0.851. The van der Waals surface area contributed by atoms with Crippen LogP contribution in [0.2, 0.25) is 0 Å². The molecule has 1 amide bonds. The van der Waals surface area contributed by atoms with Crippen LogP contribution in [0.4, 0.5) is 0 Å². The molecule has 1 unspecified atom stereocenters. The van der Waals surface area contributed by atoms with Gasteiger partial charge in [0.05, 0.1) is 0 Å². The minimum absolute atomic E-state index is 0.0627. The highest BCUT2D eigenvalue weighted by Gasteiger charge is 2.60. The Labute approximate surface area is 145 Å². The number of para-hydroxylation sites is 1. The molecule has 3 rings (SSSR count).